The Labute approximate surface area is 155 Å². The minimum atomic E-state index is 0.517. The van der Waals surface area contributed by atoms with Crippen molar-refractivity contribution < 1.29 is 0 Å². The highest BCUT2D eigenvalue weighted by Crippen LogP contribution is 2.29. The molecule has 4 rings (SSSR count). The van der Waals surface area contributed by atoms with Crippen molar-refractivity contribution in [2.24, 2.45) is 0 Å². The van der Waals surface area contributed by atoms with Gasteiger partial charge in [0.05, 0.1) is 6.04 Å². The monoisotopic (exact) mass is 374 g/mol. The highest BCUT2D eigenvalue weighted by molar-refractivity contribution is 8.01. The second-order valence-corrected chi connectivity index (χ2v) is 8.76. The van der Waals surface area contributed by atoms with Crippen LogP contribution in [0.5, 0.6) is 0 Å². The molecule has 3 heterocycles. The Morgan fingerprint density at radius 1 is 1.20 bits per heavy atom. The Kier molecular flexibility index (Phi) is 5.56. The topological polar surface area (TPSA) is 69.4 Å². The van der Waals surface area contributed by atoms with Gasteiger partial charge < -0.3 is 0 Å². The normalized spacial score (nSPS) is 15.8. The Bertz CT molecular complexity index is 775. The number of pyridine rings is 1. The molecule has 1 aliphatic carbocycles. The van der Waals surface area contributed by atoms with Crippen molar-refractivity contribution >= 4 is 33.4 Å². The average Bonchev–Trinajstić information content (AvgIpc) is 3.28. The lowest BCUT2D eigenvalue weighted by Gasteiger charge is -2.22. The van der Waals surface area contributed by atoms with E-state index in [9.17, 15) is 0 Å². The number of aryl methyl sites for hydroxylation is 1. The third-order valence-corrected chi connectivity index (χ3v) is 6.86. The average molecular weight is 375 g/mol. The van der Waals surface area contributed by atoms with Crippen molar-refractivity contribution in [2.45, 2.75) is 61.7 Å². The maximum Gasteiger partial charge on any atom is 0.152 e. The minimum Gasteiger partial charge on any atom is -0.244 e. The summed E-state index contributed by atoms with van der Waals surface area (Å²) >= 11 is 3.50. The fraction of sp³-hybridized carbons (Fsp3) is 0.588. The number of fused-ring (bicyclic) bond motifs is 1. The van der Waals surface area contributed by atoms with E-state index >= 15 is 0 Å². The molecule has 0 bridgehead atoms. The summed E-state index contributed by atoms with van der Waals surface area (Å²) in [6, 6.07) is 4.48. The van der Waals surface area contributed by atoms with Crippen molar-refractivity contribution in [3.8, 4) is 0 Å². The van der Waals surface area contributed by atoms with Gasteiger partial charge >= 0.3 is 0 Å². The van der Waals surface area contributed by atoms with Crippen LogP contribution >= 0.6 is 23.1 Å². The summed E-state index contributed by atoms with van der Waals surface area (Å²) in [4.78, 5) is 9.99. The van der Waals surface area contributed by atoms with Crippen LogP contribution in [-0.2, 0) is 6.42 Å². The number of hydrogen-bond acceptors (Lipinski definition) is 7. The third kappa shape index (κ3) is 4.17. The molecule has 1 aliphatic rings. The first kappa shape index (κ1) is 16.9. The first-order chi connectivity index (χ1) is 12.4. The van der Waals surface area contributed by atoms with Crippen molar-refractivity contribution in [3.63, 3.8) is 0 Å². The Hall–Kier alpha value is -1.54. The maximum atomic E-state index is 4.62. The van der Waals surface area contributed by atoms with Crippen LogP contribution in [0.15, 0.2) is 22.7 Å². The molecule has 8 heteroatoms. The molecule has 132 valence electrons. The van der Waals surface area contributed by atoms with Crippen molar-refractivity contribution in [3.05, 3.63) is 24.2 Å². The number of unbranched alkanes of at least 4 members (excludes halogenated alkanes) is 1. The number of thiazole rings is 1. The smallest absolute Gasteiger partial charge is 0.152 e. The van der Waals surface area contributed by atoms with Gasteiger partial charge in [0.25, 0.3) is 0 Å². The van der Waals surface area contributed by atoms with Crippen LogP contribution in [0.1, 0.15) is 56.8 Å². The van der Waals surface area contributed by atoms with Gasteiger partial charge in [-0.2, -0.15) is 0 Å². The molecule has 0 spiro atoms. The van der Waals surface area contributed by atoms with E-state index in [0.717, 1.165) is 45.5 Å². The molecule has 0 atom stereocenters. The summed E-state index contributed by atoms with van der Waals surface area (Å²) in [5.41, 5.74) is 1.00. The van der Waals surface area contributed by atoms with Crippen molar-refractivity contribution in [1.29, 1.82) is 0 Å². The number of thioether (sulfide) groups is 1. The molecule has 0 saturated heterocycles. The highest BCUT2D eigenvalue weighted by Gasteiger charge is 2.19. The number of nitrogens with zero attached hydrogens (tertiary/aromatic N) is 6. The van der Waals surface area contributed by atoms with E-state index in [1.54, 1.807) is 11.3 Å². The lowest BCUT2D eigenvalue weighted by atomic mass is 9.95. The molecule has 6 nitrogen and oxygen atoms in total. The van der Waals surface area contributed by atoms with Crippen LogP contribution in [0.4, 0.5) is 0 Å². The number of tetrazole rings is 1. The van der Waals surface area contributed by atoms with Crippen LogP contribution in [0.2, 0.25) is 0 Å². The summed E-state index contributed by atoms with van der Waals surface area (Å²) < 4.78 is 3.20. The minimum absolute atomic E-state index is 0.517. The van der Waals surface area contributed by atoms with E-state index in [4.69, 9.17) is 0 Å². The molecule has 3 aromatic heterocycles. The Balaban J connectivity index is 1.24. The molecule has 0 unspecified atom stereocenters. The van der Waals surface area contributed by atoms with Crippen LogP contribution < -0.4 is 0 Å². The van der Waals surface area contributed by atoms with Gasteiger partial charge in [-0.15, -0.1) is 5.10 Å². The highest BCUT2D eigenvalue weighted by atomic mass is 32.2. The molecule has 3 aromatic rings. The predicted octanol–water partition coefficient (Wildman–Crippen LogP) is 4.30. The van der Waals surface area contributed by atoms with Gasteiger partial charge in [0, 0.05) is 18.4 Å². The fourth-order valence-electron chi connectivity index (χ4n) is 3.34. The molecule has 1 saturated carbocycles. The van der Waals surface area contributed by atoms with E-state index in [2.05, 4.69) is 30.2 Å². The fourth-order valence-corrected chi connectivity index (χ4v) is 5.39. The first-order valence-electron chi connectivity index (χ1n) is 9.01. The predicted molar refractivity (Wildman–Crippen MR) is 101 cm³/mol. The van der Waals surface area contributed by atoms with E-state index < -0.39 is 0 Å². The quantitative estimate of drug-likeness (QED) is 0.454. The summed E-state index contributed by atoms with van der Waals surface area (Å²) in [7, 11) is 0. The summed E-state index contributed by atoms with van der Waals surface area (Å²) in [5, 5.41) is 12.4. The lowest BCUT2D eigenvalue weighted by Crippen LogP contribution is -2.17. The summed E-state index contributed by atoms with van der Waals surface area (Å²) in [6.45, 7) is 0. The molecular weight excluding hydrogens is 352 g/mol. The number of aromatic nitrogens is 6. The summed E-state index contributed by atoms with van der Waals surface area (Å²) in [5.74, 6) is 2.13. The maximum absolute atomic E-state index is 4.62. The third-order valence-electron chi connectivity index (χ3n) is 4.65. The number of rotatable bonds is 7. The molecule has 0 amide bonds. The molecule has 0 aromatic carbocycles. The van der Waals surface area contributed by atoms with Gasteiger partial charge in [0.1, 0.15) is 10.3 Å². The zero-order valence-electron chi connectivity index (χ0n) is 14.2. The van der Waals surface area contributed by atoms with Crippen LogP contribution in [-0.4, -0.2) is 35.9 Å². The second kappa shape index (κ2) is 8.23. The van der Waals surface area contributed by atoms with Gasteiger partial charge in [-0.05, 0) is 48.2 Å². The second-order valence-electron chi connectivity index (χ2n) is 6.44. The molecule has 0 N–H and O–H groups in total. The SMILES string of the molecule is c1cnc2sc(SCCCCc3nnnn3C3CCCCC3)nc2c1. The van der Waals surface area contributed by atoms with Gasteiger partial charge in [-0.25, -0.2) is 14.6 Å². The molecule has 0 aliphatic heterocycles. The van der Waals surface area contributed by atoms with E-state index in [-0.39, 0.29) is 0 Å². The van der Waals surface area contributed by atoms with Crippen LogP contribution in [0.3, 0.4) is 0 Å². The Morgan fingerprint density at radius 3 is 3.00 bits per heavy atom. The largest absolute Gasteiger partial charge is 0.244 e. The van der Waals surface area contributed by atoms with Crippen molar-refractivity contribution in [1.82, 2.24) is 30.2 Å². The first-order valence-corrected chi connectivity index (χ1v) is 10.8. The Morgan fingerprint density at radius 2 is 2.12 bits per heavy atom. The zero-order chi connectivity index (χ0) is 16.9. The molecule has 25 heavy (non-hydrogen) atoms. The van der Waals surface area contributed by atoms with Crippen LogP contribution in [0, 0.1) is 0 Å². The van der Waals surface area contributed by atoms with E-state index in [0.29, 0.717) is 6.04 Å². The van der Waals surface area contributed by atoms with Crippen LogP contribution in [0.25, 0.3) is 10.3 Å². The number of hydrogen-bond donors (Lipinski definition) is 0. The standard InChI is InChI=1S/C17H22N6S2/c1-2-7-13(8-3-1)23-15(20-21-22-23)10-4-5-12-24-17-19-14-9-6-11-18-16(14)25-17/h6,9,11,13H,1-5,7-8,10,12H2. The molecular formula is C17H22N6S2. The van der Waals surface area contributed by atoms with Gasteiger partial charge in [-0.1, -0.05) is 42.4 Å². The zero-order valence-corrected chi connectivity index (χ0v) is 15.8. The van der Waals surface area contributed by atoms with Crippen molar-refractivity contribution in [2.75, 3.05) is 5.75 Å². The van der Waals surface area contributed by atoms with E-state index in [1.165, 1.54) is 32.1 Å². The molecule has 0 radical (unpaired) electrons. The van der Waals surface area contributed by atoms with E-state index in [1.807, 2.05) is 30.1 Å². The van der Waals surface area contributed by atoms with Gasteiger partial charge in [0.15, 0.2) is 10.2 Å². The molecule has 1 fully saturated rings. The van der Waals surface area contributed by atoms with Gasteiger partial charge in [0.2, 0.25) is 0 Å². The van der Waals surface area contributed by atoms with Gasteiger partial charge in [-0.3, -0.25) is 0 Å². The summed E-state index contributed by atoms with van der Waals surface area (Å²) in [6.07, 6.45) is 11.5. The lowest BCUT2D eigenvalue weighted by molar-refractivity contribution is 0.316.